The molecule has 5 nitrogen and oxygen atoms in total. The van der Waals surface area contributed by atoms with Gasteiger partial charge in [-0.1, -0.05) is 13.8 Å². The van der Waals surface area contributed by atoms with Crippen LogP contribution < -0.4 is 0 Å². The van der Waals surface area contributed by atoms with Crippen LogP contribution in [0.4, 0.5) is 0 Å². The van der Waals surface area contributed by atoms with E-state index in [1.54, 1.807) is 0 Å². The summed E-state index contributed by atoms with van der Waals surface area (Å²) in [5, 5.41) is 19.6. The zero-order valence-electron chi connectivity index (χ0n) is 15.0. The predicted molar refractivity (Wildman–Crippen MR) is 90.1 cm³/mol. The van der Waals surface area contributed by atoms with Crippen molar-refractivity contribution in [2.75, 3.05) is 0 Å². The van der Waals surface area contributed by atoms with Crippen molar-refractivity contribution in [2.24, 2.45) is 34.5 Å². The SMILES string of the molecule is CC12C[C@@H](O)C3C(C1CCC2=N)[C@H]1C[C@]2(CC(=O)CCC32C)OC1=O. The molecule has 4 saturated carbocycles. The first-order valence-electron chi connectivity index (χ1n) is 9.72. The van der Waals surface area contributed by atoms with Crippen LogP contribution in [0.5, 0.6) is 0 Å². The van der Waals surface area contributed by atoms with E-state index in [9.17, 15) is 14.7 Å². The molecule has 5 rings (SSSR count). The molecule has 5 heteroatoms. The lowest BCUT2D eigenvalue weighted by Gasteiger charge is -2.62. The third-order valence-electron chi connectivity index (χ3n) is 8.94. The highest BCUT2D eigenvalue weighted by Crippen LogP contribution is 2.70. The van der Waals surface area contributed by atoms with Crippen molar-refractivity contribution in [3.8, 4) is 0 Å². The number of ether oxygens (including phenoxy) is 1. The summed E-state index contributed by atoms with van der Waals surface area (Å²) in [4.78, 5) is 25.0. The Morgan fingerprint density at radius 1 is 1.20 bits per heavy atom. The number of Topliss-reactive ketones (excluding diaryl/α,β-unsaturated/α-hetero) is 1. The van der Waals surface area contributed by atoms with Gasteiger partial charge in [0.2, 0.25) is 0 Å². The van der Waals surface area contributed by atoms with Crippen LogP contribution in [0.25, 0.3) is 0 Å². The van der Waals surface area contributed by atoms with E-state index in [4.69, 9.17) is 10.1 Å². The first kappa shape index (κ1) is 16.0. The summed E-state index contributed by atoms with van der Waals surface area (Å²) < 4.78 is 5.97. The highest BCUT2D eigenvalue weighted by molar-refractivity contribution is 5.90. The number of aliphatic hydroxyl groups excluding tert-OH is 1. The van der Waals surface area contributed by atoms with Gasteiger partial charge >= 0.3 is 5.97 Å². The second-order valence-corrected chi connectivity index (χ2v) is 9.77. The van der Waals surface area contributed by atoms with E-state index in [1.165, 1.54) is 0 Å². The molecule has 0 aromatic rings. The molecule has 8 atom stereocenters. The summed E-state index contributed by atoms with van der Waals surface area (Å²) in [5.74, 6) is 0.156. The first-order valence-corrected chi connectivity index (χ1v) is 9.72. The van der Waals surface area contributed by atoms with Gasteiger partial charge in [0.25, 0.3) is 0 Å². The molecule has 0 radical (unpaired) electrons. The van der Waals surface area contributed by atoms with E-state index < -0.39 is 11.7 Å². The Morgan fingerprint density at radius 2 is 1.96 bits per heavy atom. The van der Waals surface area contributed by atoms with Crippen LogP contribution in [0.1, 0.15) is 58.8 Å². The maximum Gasteiger partial charge on any atom is 0.309 e. The van der Waals surface area contributed by atoms with Crippen LogP contribution in [0.2, 0.25) is 0 Å². The molecular formula is C20H27NO4. The topological polar surface area (TPSA) is 87.4 Å². The Morgan fingerprint density at radius 3 is 2.72 bits per heavy atom. The third kappa shape index (κ3) is 1.67. The minimum Gasteiger partial charge on any atom is -0.458 e. The molecule has 2 N–H and O–H groups in total. The lowest BCUT2D eigenvalue weighted by atomic mass is 9.41. The number of carbonyl (C=O) groups excluding carboxylic acids is 2. The number of aliphatic hydroxyl groups is 1. The van der Waals surface area contributed by atoms with Crippen molar-refractivity contribution < 1.29 is 19.4 Å². The van der Waals surface area contributed by atoms with Crippen molar-refractivity contribution in [1.82, 2.24) is 0 Å². The van der Waals surface area contributed by atoms with Gasteiger partial charge in [-0.2, -0.15) is 0 Å². The molecule has 0 aromatic heterocycles. The number of rotatable bonds is 0. The van der Waals surface area contributed by atoms with Gasteiger partial charge in [0.05, 0.1) is 12.0 Å². The van der Waals surface area contributed by atoms with Crippen LogP contribution in [0.3, 0.4) is 0 Å². The number of esters is 1. The maximum atomic E-state index is 12.8. The monoisotopic (exact) mass is 345 g/mol. The van der Waals surface area contributed by atoms with Crippen LogP contribution in [0.15, 0.2) is 0 Å². The molecule has 2 bridgehead atoms. The number of ketones is 1. The zero-order chi connectivity index (χ0) is 17.8. The van der Waals surface area contributed by atoms with Crippen molar-refractivity contribution >= 4 is 17.5 Å². The van der Waals surface area contributed by atoms with E-state index in [-0.39, 0.29) is 46.3 Å². The van der Waals surface area contributed by atoms with Gasteiger partial charge in [-0.25, -0.2) is 0 Å². The van der Waals surface area contributed by atoms with E-state index in [0.29, 0.717) is 32.1 Å². The Kier molecular flexibility index (Phi) is 2.90. The van der Waals surface area contributed by atoms with Gasteiger partial charge in [-0.15, -0.1) is 0 Å². The van der Waals surface area contributed by atoms with Gasteiger partial charge in [0.15, 0.2) is 0 Å². The number of nitrogens with one attached hydrogen (secondary N) is 1. The smallest absolute Gasteiger partial charge is 0.309 e. The summed E-state index contributed by atoms with van der Waals surface area (Å²) in [7, 11) is 0. The summed E-state index contributed by atoms with van der Waals surface area (Å²) in [6.45, 7) is 4.26. The summed E-state index contributed by atoms with van der Waals surface area (Å²) >= 11 is 0. The molecule has 1 aliphatic heterocycles. The van der Waals surface area contributed by atoms with Crippen LogP contribution >= 0.6 is 0 Å². The first-order chi connectivity index (χ1) is 11.7. The number of carbonyl (C=O) groups is 2. The van der Waals surface area contributed by atoms with Crippen LogP contribution in [0, 0.1) is 39.9 Å². The Hall–Kier alpha value is -1.23. The van der Waals surface area contributed by atoms with Crippen molar-refractivity contribution in [1.29, 1.82) is 5.41 Å². The second kappa shape index (κ2) is 4.54. The average molecular weight is 345 g/mol. The quantitative estimate of drug-likeness (QED) is 0.660. The molecular weight excluding hydrogens is 318 g/mol. The molecule has 0 amide bonds. The third-order valence-corrected chi connectivity index (χ3v) is 8.94. The lowest BCUT2D eigenvalue weighted by Crippen LogP contribution is -2.65. The maximum absolute atomic E-state index is 12.8. The molecule has 136 valence electrons. The lowest BCUT2D eigenvalue weighted by molar-refractivity contribution is -0.208. The van der Waals surface area contributed by atoms with E-state index in [1.807, 2.05) is 0 Å². The van der Waals surface area contributed by atoms with E-state index >= 15 is 0 Å². The second-order valence-electron chi connectivity index (χ2n) is 9.77. The van der Waals surface area contributed by atoms with Crippen LogP contribution in [-0.2, 0) is 14.3 Å². The van der Waals surface area contributed by atoms with Gasteiger partial charge in [0, 0.05) is 35.8 Å². The van der Waals surface area contributed by atoms with E-state index in [0.717, 1.165) is 18.6 Å². The summed E-state index contributed by atoms with van der Waals surface area (Å²) in [5.41, 5.74) is -0.585. The average Bonchev–Trinajstić information content (AvgIpc) is 2.98. The van der Waals surface area contributed by atoms with Crippen molar-refractivity contribution in [3.63, 3.8) is 0 Å². The minimum absolute atomic E-state index is 0.00484. The number of hydrogen-bond acceptors (Lipinski definition) is 5. The molecule has 5 unspecified atom stereocenters. The Balaban J connectivity index is 1.66. The van der Waals surface area contributed by atoms with Gasteiger partial charge in [-0.3, -0.25) is 9.59 Å². The molecule has 1 saturated heterocycles. The predicted octanol–water partition coefficient (Wildman–Crippen LogP) is 2.49. The number of fused-ring (bicyclic) bond motifs is 6. The largest absolute Gasteiger partial charge is 0.458 e. The molecule has 1 spiro atoms. The van der Waals surface area contributed by atoms with Crippen LogP contribution in [-0.4, -0.2) is 34.3 Å². The minimum atomic E-state index is -0.702. The molecule has 5 fully saturated rings. The fourth-order valence-corrected chi connectivity index (χ4v) is 7.67. The zero-order valence-corrected chi connectivity index (χ0v) is 15.0. The Labute approximate surface area is 148 Å². The van der Waals surface area contributed by atoms with Gasteiger partial charge < -0.3 is 15.3 Å². The Bertz CT molecular complexity index is 704. The normalized spacial score (nSPS) is 56.9. The summed E-state index contributed by atoms with van der Waals surface area (Å²) in [6.07, 6.45) is 3.96. The molecule has 4 aliphatic carbocycles. The molecule has 1 heterocycles. The number of hydrogen-bond donors (Lipinski definition) is 2. The van der Waals surface area contributed by atoms with Crippen molar-refractivity contribution in [3.05, 3.63) is 0 Å². The molecule has 25 heavy (non-hydrogen) atoms. The standard InChI is InChI=1S/C20H27NO4/c1-18-9-13(23)16-15(12(18)3-4-14(18)21)11-8-20(25-17(11)24)7-10(22)5-6-19(16,20)2/h11-13,15-16,21,23H,3-9H2,1-2H3/t11-,12?,13-,15?,16?,18?,19?,20+/m1/s1. The van der Waals surface area contributed by atoms with Gasteiger partial charge in [-0.05, 0) is 43.4 Å². The summed E-state index contributed by atoms with van der Waals surface area (Å²) in [6, 6.07) is 0. The highest BCUT2D eigenvalue weighted by atomic mass is 16.6. The highest BCUT2D eigenvalue weighted by Gasteiger charge is 2.74. The van der Waals surface area contributed by atoms with Crippen molar-refractivity contribution in [2.45, 2.75) is 70.5 Å². The van der Waals surface area contributed by atoms with Gasteiger partial charge in [0.1, 0.15) is 11.4 Å². The fourth-order valence-electron chi connectivity index (χ4n) is 7.67. The fraction of sp³-hybridized carbons (Fsp3) is 0.850. The molecule has 0 aromatic carbocycles. The molecule has 5 aliphatic rings. The van der Waals surface area contributed by atoms with E-state index in [2.05, 4.69) is 13.8 Å².